The Hall–Kier alpha value is -2.60. The molecule has 0 unspecified atom stereocenters. The van der Waals surface area contributed by atoms with E-state index >= 15 is 0 Å². The van der Waals surface area contributed by atoms with E-state index in [2.05, 4.69) is 15.8 Å². The lowest BCUT2D eigenvalue weighted by Crippen LogP contribution is -2.21. The van der Waals surface area contributed by atoms with Gasteiger partial charge < -0.3 is 9.73 Å². The number of hydrogen-bond acceptors (Lipinski definition) is 4. The molecule has 22 heavy (non-hydrogen) atoms. The Balaban J connectivity index is 1.84. The summed E-state index contributed by atoms with van der Waals surface area (Å²) in [5, 5.41) is 7.15. The van der Waals surface area contributed by atoms with E-state index in [1.165, 1.54) is 12.3 Å². The Morgan fingerprint density at radius 3 is 2.59 bits per heavy atom. The number of rotatable bonds is 5. The zero-order valence-electron chi connectivity index (χ0n) is 11.8. The molecule has 6 nitrogen and oxygen atoms in total. The van der Waals surface area contributed by atoms with Gasteiger partial charge in [-0.15, -0.1) is 0 Å². The fourth-order valence-corrected chi connectivity index (χ4v) is 1.75. The van der Waals surface area contributed by atoms with Gasteiger partial charge in [0.25, 0.3) is 0 Å². The predicted molar refractivity (Wildman–Crippen MR) is 84.0 cm³/mol. The molecule has 1 aromatic carbocycles. The van der Waals surface area contributed by atoms with Gasteiger partial charge in [-0.3, -0.25) is 9.59 Å². The molecule has 2 amide bonds. The molecule has 0 bridgehead atoms. The Labute approximate surface area is 132 Å². The number of nitrogens with zero attached hydrogens (tertiary/aromatic N) is 1. The third kappa shape index (κ3) is 4.75. The molecule has 2 rings (SSSR count). The number of halogens is 1. The summed E-state index contributed by atoms with van der Waals surface area (Å²) in [7, 11) is 0. The molecule has 0 fully saturated rings. The number of nitrogens with one attached hydrogen (secondary N) is 2. The topological polar surface area (TPSA) is 83.7 Å². The molecule has 0 aliphatic heterocycles. The van der Waals surface area contributed by atoms with Gasteiger partial charge in [0.1, 0.15) is 0 Å². The molecular weight excluding hydrogens is 306 g/mol. The van der Waals surface area contributed by atoms with Crippen molar-refractivity contribution in [1.29, 1.82) is 0 Å². The van der Waals surface area contributed by atoms with E-state index in [1.807, 2.05) is 0 Å². The maximum Gasteiger partial charge on any atom is 0.307 e. The van der Waals surface area contributed by atoms with Crippen LogP contribution in [0.2, 0.25) is 5.02 Å². The van der Waals surface area contributed by atoms with Crippen molar-refractivity contribution in [3.63, 3.8) is 0 Å². The highest BCUT2D eigenvalue weighted by Crippen LogP contribution is 2.13. The van der Waals surface area contributed by atoms with Crippen LogP contribution in [0, 0.1) is 0 Å². The lowest BCUT2D eigenvalue weighted by molar-refractivity contribution is -0.115. The molecule has 1 aromatic heterocycles. The third-order valence-electron chi connectivity index (χ3n) is 2.64. The summed E-state index contributed by atoms with van der Waals surface area (Å²) in [6.45, 7) is 1.64. The quantitative estimate of drug-likeness (QED) is 0.656. The minimum atomic E-state index is -0.470. The zero-order valence-corrected chi connectivity index (χ0v) is 12.6. The number of benzene rings is 1. The zero-order chi connectivity index (χ0) is 15.9. The second-order valence-corrected chi connectivity index (χ2v) is 4.93. The van der Waals surface area contributed by atoms with Gasteiger partial charge in [-0.25, -0.2) is 5.43 Å². The van der Waals surface area contributed by atoms with Gasteiger partial charge in [0.2, 0.25) is 5.91 Å². The number of carbonyl (C=O) groups is 2. The Morgan fingerprint density at radius 2 is 1.95 bits per heavy atom. The summed E-state index contributed by atoms with van der Waals surface area (Å²) in [4.78, 5) is 23.4. The van der Waals surface area contributed by atoms with Crippen LogP contribution >= 0.6 is 11.6 Å². The second kappa shape index (κ2) is 7.42. The molecule has 0 saturated carbocycles. The molecule has 7 heteroatoms. The number of amides is 2. The van der Waals surface area contributed by atoms with Gasteiger partial charge in [0.15, 0.2) is 5.76 Å². The molecule has 0 atom stereocenters. The van der Waals surface area contributed by atoms with E-state index < -0.39 is 5.91 Å². The smallest absolute Gasteiger partial charge is 0.307 e. The van der Waals surface area contributed by atoms with Crippen LogP contribution in [-0.2, 0) is 4.79 Å². The lowest BCUT2D eigenvalue weighted by atomic mass is 10.2. The van der Waals surface area contributed by atoms with Crippen molar-refractivity contribution in [1.82, 2.24) is 5.43 Å². The molecule has 2 N–H and O–H groups in total. The molecular formula is C15H14ClN3O3. The van der Waals surface area contributed by atoms with Crippen LogP contribution in [0.4, 0.5) is 5.69 Å². The maximum atomic E-state index is 11.8. The molecule has 0 spiro atoms. The average molecular weight is 320 g/mol. The highest BCUT2D eigenvalue weighted by Gasteiger charge is 2.08. The van der Waals surface area contributed by atoms with Crippen molar-refractivity contribution in [2.75, 3.05) is 5.32 Å². The van der Waals surface area contributed by atoms with E-state index in [0.717, 1.165) is 0 Å². The third-order valence-corrected chi connectivity index (χ3v) is 2.89. The van der Waals surface area contributed by atoms with E-state index in [9.17, 15) is 9.59 Å². The normalized spacial score (nSPS) is 11.1. The number of hydrogen-bond donors (Lipinski definition) is 2. The minimum absolute atomic E-state index is 0.0566. The molecule has 0 aliphatic carbocycles. The van der Waals surface area contributed by atoms with Crippen molar-refractivity contribution in [3.8, 4) is 0 Å². The molecule has 114 valence electrons. The molecule has 0 saturated heterocycles. The highest BCUT2D eigenvalue weighted by molar-refractivity contribution is 6.30. The molecule has 0 radical (unpaired) electrons. The Bertz CT molecular complexity index is 679. The monoisotopic (exact) mass is 319 g/mol. The van der Waals surface area contributed by atoms with Crippen molar-refractivity contribution in [2.45, 2.75) is 13.3 Å². The molecule has 2 aromatic rings. The van der Waals surface area contributed by atoms with Crippen LogP contribution in [0.5, 0.6) is 0 Å². The number of anilines is 1. The first-order valence-corrected chi connectivity index (χ1v) is 6.85. The molecule has 0 aliphatic rings. The average Bonchev–Trinajstić information content (AvgIpc) is 3.01. The van der Waals surface area contributed by atoms with E-state index in [0.29, 0.717) is 16.4 Å². The first-order valence-electron chi connectivity index (χ1n) is 6.47. The van der Waals surface area contributed by atoms with Gasteiger partial charge in [-0.2, -0.15) is 5.10 Å². The minimum Gasteiger partial charge on any atom is -0.459 e. The van der Waals surface area contributed by atoms with Crippen LogP contribution in [0.1, 0.15) is 23.9 Å². The van der Waals surface area contributed by atoms with Gasteiger partial charge in [-0.05, 0) is 43.3 Å². The van der Waals surface area contributed by atoms with Crippen molar-refractivity contribution in [2.24, 2.45) is 5.10 Å². The number of furan rings is 1. The van der Waals surface area contributed by atoms with Crippen LogP contribution < -0.4 is 10.7 Å². The van der Waals surface area contributed by atoms with Crippen molar-refractivity contribution >= 4 is 34.8 Å². The summed E-state index contributed by atoms with van der Waals surface area (Å²) >= 11 is 5.77. The van der Waals surface area contributed by atoms with Gasteiger partial charge in [0, 0.05) is 16.4 Å². The summed E-state index contributed by atoms with van der Waals surface area (Å²) in [6, 6.07) is 9.89. The fraction of sp³-hybridized carbons (Fsp3) is 0.133. The summed E-state index contributed by atoms with van der Waals surface area (Å²) in [6.07, 6.45) is 1.45. The second-order valence-electron chi connectivity index (χ2n) is 4.50. The van der Waals surface area contributed by atoms with Crippen LogP contribution in [0.15, 0.2) is 52.2 Å². The van der Waals surface area contributed by atoms with Gasteiger partial charge >= 0.3 is 5.91 Å². The van der Waals surface area contributed by atoms with Crippen LogP contribution in [0.25, 0.3) is 0 Å². The lowest BCUT2D eigenvalue weighted by Gasteiger charge is -2.05. The highest BCUT2D eigenvalue weighted by atomic mass is 35.5. The molecule has 1 heterocycles. The largest absolute Gasteiger partial charge is 0.459 e. The van der Waals surface area contributed by atoms with E-state index in [4.69, 9.17) is 16.0 Å². The van der Waals surface area contributed by atoms with E-state index in [1.54, 1.807) is 37.3 Å². The van der Waals surface area contributed by atoms with Crippen molar-refractivity contribution < 1.29 is 14.0 Å². The first-order chi connectivity index (χ1) is 10.5. The van der Waals surface area contributed by atoms with Gasteiger partial charge in [0.05, 0.1) is 12.7 Å². The fourth-order valence-electron chi connectivity index (χ4n) is 1.62. The number of carbonyl (C=O) groups excluding carboxylic acids is 2. The number of hydrazone groups is 1. The first kappa shape index (κ1) is 15.8. The van der Waals surface area contributed by atoms with Crippen molar-refractivity contribution in [3.05, 3.63) is 53.4 Å². The Morgan fingerprint density at radius 1 is 1.23 bits per heavy atom. The maximum absolute atomic E-state index is 11.8. The van der Waals surface area contributed by atoms with Crippen LogP contribution in [0.3, 0.4) is 0 Å². The van der Waals surface area contributed by atoms with E-state index in [-0.39, 0.29) is 18.1 Å². The summed E-state index contributed by atoms with van der Waals surface area (Å²) in [5.41, 5.74) is 3.42. The standard InChI is InChI=1S/C15H14ClN3O3/c1-10(18-19-15(21)13-3-2-8-22-13)9-14(20)17-12-6-4-11(16)5-7-12/h2-8H,9H2,1H3,(H,17,20)(H,19,21)/b18-10-. The van der Waals surface area contributed by atoms with Crippen LogP contribution in [-0.4, -0.2) is 17.5 Å². The predicted octanol–water partition coefficient (Wildman–Crippen LogP) is 3.07. The summed E-state index contributed by atoms with van der Waals surface area (Å²) in [5.74, 6) is -0.555. The summed E-state index contributed by atoms with van der Waals surface area (Å²) < 4.78 is 4.93. The SMILES string of the molecule is C/C(CC(=O)Nc1ccc(Cl)cc1)=N/NC(=O)c1ccco1. The van der Waals surface area contributed by atoms with Gasteiger partial charge in [-0.1, -0.05) is 11.6 Å². The Kier molecular flexibility index (Phi) is 5.32.